The molecular formula is C25H20N2O2. The number of benzene rings is 3. The number of fused-ring (bicyclic) bond motifs is 4. The zero-order chi connectivity index (χ0) is 20.0. The van der Waals surface area contributed by atoms with Gasteiger partial charge in [-0.15, -0.1) is 0 Å². The summed E-state index contributed by atoms with van der Waals surface area (Å²) in [7, 11) is 0. The molecule has 1 aromatic heterocycles. The Labute approximate surface area is 168 Å². The van der Waals surface area contributed by atoms with Gasteiger partial charge in [-0.25, -0.2) is 0 Å². The van der Waals surface area contributed by atoms with E-state index in [4.69, 9.17) is 0 Å². The fraction of sp³-hybridized carbons (Fsp3) is 0.120. The highest BCUT2D eigenvalue weighted by atomic mass is 16.6. The molecule has 3 aromatic carbocycles. The lowest BCUT2D eigenvalue weighted by Gasteiger charge is -2.15. The second-order valence-electron chi connectivity index (χ2n) is 7.58. The van der Waals surface area contributed by atoms with Crippen molar-refractivity contribution in [3.8, 4) is 0 Å². The molecule has 0 spiro atoms. The number of nitro groups is 1. The third kappa shape index (κ3) is 2.93. The van der Waals surface area contributed by atoms with Crippen LogP contribution in [0.4, 0.5) is 0 Å². The van der Waals surface area contributed by atoms with Crippen molar-refractivity contribution >= 4 is 22.6 Å². The minimum absolute atomic E-state index is 0.138. The van der Waals surface area contributed by atoms with Gasteiger partial charge >= 0.3 is 0 Å². The minimum Gasteiger partial charge on any atom is -0.354 e. The topological polar surface area (TPSA) is 58.9 Å². The van der Waals surface area contributed by atoms with Crippen LogP contribution >= 0.6 is 0 Å². The van der Waals surface area contributed by atoms with Gasteiger partial charge in [0.15, 0.2) is 0 Å². The molecule has 1 atom stereocenters. The second-order valence-corrected chi connectivity index (χ2v) is 7.58. The van der Waals surface area contributed by atoms with Gasteiger partial charge < -0.3 is 4.98 Å². The van der Waals surface area contributed by atoms with Crippen molar-refractivity contribution in [3.63, 3.8) is 0 Å². The summed E-state index contributed by atoms with van der Waals surface area (Å²) < 4.78 is 0. The summed E-state index contributed by atoms with van der Waals surface area (Å²) in [6.45, 7) is 1.94. The van der Waals surface area contributed by atoms with Crippen molar-refractivity contribution in [2.45, 2.75) is 12.8 Å². The Balaban J connectivity index is 1.88. The minimum atomic E-state index is -0.314. The lowest BCUT2D eigenvalue weighted by Crippen LogP contribution is -2.15. The molecular weight excluding hydrogens is 360 g/mol. The number of aromatic nitrogens is 1. The van der Waals surface area contributed by atoms with E-state index in [0.717, 1.165) is 44.4 Å². The van der Waals surface area contributed by atoms with Gasteiger partial charge in [0.1, 0.15) is 0 Å². The molecule has 1 heterocycles. The fourth-order valence-corrected chi connectivity index (χ4v) is 4.46. The molecule has 29 heavy (non-hydrogen) atoms. The molecule has 1 unspecified atom stereocenters. The van der Waals surface area contributed by atoms with Crippen LogP contribution in [0.1, 0.15) is 39.4 Å². The molecule has 1 N–H and O–H groups in total. The summed E-state index contributed by atoms with van der Waals surface area (Å²) in [4.78, 5) is 15.0. The number of para-hydroxylation sites is 1. The Morgan fingerprint density at radius 1 is 1.00 bits per heavy atom. The number of nitrogens with one attached hydrogen (secondary N) is 1. The van der Waals surface area contributed by atoms with E-state index in [9.17, 15) is 10.1 Å². The first-order valence-corrected chi connectivity index (χ1v) is 9.72. The summed E-state index contributed by atoms with van der Waals surface area (Å²) >= 11 is 0. The number of nitrogens with zero attached hydrogens (tertiary/aromatic N) is 1. The van der Waals surface area contributed by atoms with Gasteiger partial charge in [-0.2, -0.15) is 0 Å². The van der Waals surface area contributed by atoms with Gasteiger partial charge in [0.25, 0.3) is 0 Å². The van der Waals surface area contributed by atoms with E-state index in [1.54, 1.807) is 0 Å². The molecule has 1 aliphatic rings. The van der Waals surface area contributed by atoms with Gasteiger partial charge in [-0.3, -0.25) is 10.1 Å². The molecule has 0 saturated heterocycles. The summed E-state index contributed by atoms with van der Waals surface area (Å²) in [6, 6.07) is 24.5. The first-order chi connectivity index (χ1) is 14.1. The van der Waals surface area contributed by atoms with E-state index in [0.29, 0.717) is 0 Å². The lowest BCUT2D eigenvalue weighted by atomic mass is 9.87. The van der Waals surface area contributed by atoms with E-state index in [1.807, 2.05) is 42.5 Å². The predicted molar refractivity (Wildman–Crippen MR) is 117 cm³/mol. The Hall–Kier alpha value is -3.66. The third-order valence-electron chi connectivity index (χ3n) is 5.70. The number of H-pyrrole nitrogens is 1. The average Bonchev–Trinajstić information content (AvgIpc) is 3.03. The molecule has 1 aliphatic carbocycles. The van der Waals surface area contributed by atoms with Crippen LogP contribution in [0.25, 0.3) is 22.6 Å². The van der Waals surface area contributed by atoms with Crippen LogP contribution in [0.3, 0.4) is 0 Å². The molecule has 4 heteroatoms. The van der Waals surface area contributed by atoms with Crippen molar-refractivity contribution < 1.29 is 4.92 Å². The normalized spacial score (nSPS) is 15.3. The maximum absolute atomic E-state index is 11.6. The van der Waals surface area contributed by atoms with Crippen LogP contribution < -0.4 is 0 Å². The molecule has 0 radical (unpaired) electrons. The van der Waals surface area contributed by atoms with E-state index in [2.05, 4.69) is 48.3 Å². The smallest absolute Gasteiger partial charge is 0.214 e. The molecule has 0 aliphatic heterocycles. The monoisotopic (exact) mass is 380 g/mol. The van der Waals surface area contributed by atoms with Crippen LogP contribution in [0, 0.1) is 17.0 Å². The number of aromatic amines is 1. The van der Waals surface area contributed by atoms with E-state index in [-0.39, 0.29) is 17.4 Å². The summed E-state index contributed by atoms with van der Waals surface area (Å²) in [5.74, 6) is -0.314. The van der Waals surface area contributed by atoms with E-state index in [1.165, 1.54) is 5.56 Å². The van der Waals surface area contributed by atoms with Crippen molar-refractivity contribution in [1.82, 2.24) is 4.98 Å². The van der Waals surface area contributed by atoms with Gasteiger partial charge in [0.05, 0.1) is 11.6 Å². The SMILES string of the molecule is Cc1cccc(C2=Cc3ccccc3C(C[N+](=O)[O-])c3c2[nH]c2ccccc32)c1. The van der Waals surface area contributed by atoms with Crippen LogP contribution in [0.2, 0.25) is 0 Å². The molecule has 0 fully saturated rings. The Bertz CT molecular complexity index is 1280. The highest BCUT2D eigenvalue weighted by Gasteiger charge is 2.31. The fourth-order valence-electron chi connectivity index (χ4n) is 4.46. The van der Waals surface area contributed by atoms with Crippen molar-refractivity contribution in [2.24, 2.45) is 0 Å². The van der Waals surface area contributed by atoms with Crippen LogP contribution in [-0.4, -0.2) is 16.5 Å². The summed E-state index contributed by atoms with van der Waals surface area (Å²) in [5, 5.41) is 12.7. The molecule has 0 amide bonds. The zero-order valence-corrected chi connectivity index (χ0v) is 16.1. The quantitative estimate of drug-likeness (QED) is 0.361. The maximum Gasteiger partial charge on any atom is 0.214 e. The number of hydrogen-bond acceptors (Lipinski definition) is 2. The molecule has 5 rings (SSSR count). The van der Waals surface area contributed by atoms with Crippen molar-refractivity contribution in [2.75, 3.05) is 6.54 Å². The first-order valence-electron chi connectivity index (χ1n) is 9.72. The van der Waals surface area contributed by atoms with Gasteiger partial charge in [0.2, 0.25) is 6.54 Å². The number of rotatable bonds is 3. The van der Waals surface area contributed by atoms with E-state index < -0.39 is 0 Å². The van der Waals surface area contributed by atoms with Crippen molar-refractivity contribution in [1.29, 1.82) is 0 Å². The maximum atomic E-state index is 11.6. The lowest BCUT2D eigenvalue weighted by molar-refractivity contribution is -0.481. The summed E-state index contributed by atoms with van der Waals surface area (Å²) in [5.41, 5.74) is 8.37. The average molecular weight is 380 g/mol. The van der Waals surface area contributed by atoms with Gasteiger partial charge in [0, 0.05) is 21.4 Å². The molecule has 4 nitrogen and oxygen atoms in total. The third-order valence-corrected chi connectivity index (χ3v) is 5.70. The highest BCUT2D eigenvalue weighted by Crippen LogP contribution is 2.43. The molecule has 0 saturated carbocycles. The Kier molecular flexibility index (Phi) is 4.06. The highest BCUT2D eigenvalue weighted by molar-refractivity contribution is 6.00. The van der Waals surface area contributed by atoms with Gasteiger partial charge in [-0.05, 0) is 41.3 Å². The zero-order valence-electron chi connectivity index (χ0n) is 16.1. The number of aryl methyl sites for hydroxylation is 1. The van der Waals surface area contributed by atoms with Crippen LogP contribution in [0.5, 0.6) is 0 Å². The van der Waals surface area contributed by atoms with Crippen LogP contribution in [-0.2, 0) is 0 Å². The molecule has 4 aromatic rings. The Morgan fingerprint density at radius 2 is 1.79 bits per heavy atom. The van der Waals surface area contributed by atoms with Crippen LogP contribution in [0.15, 0.2) is 72.8 Å². The number of hydrogen-bond donors (Lipinski definition) is 1. The molecule has 142 valence electrons. The summed E-state index contributed by atoms with van der Waals surface area (Å²) in [6.07, 6.45) is 2.16. The Morgan fingerprint density at radius 3 is 2.62 bits per heavy atom. The van der Waals surface area contributed by atoms with Gasteiger partial charge in [-0.1, -0.05) is 72.3 Å². The standard InChI is InChI=1S/C25H20N2O2/c1-16-7-6-9-17(13-16)21-14-18-8-2-3-10-19(18)22(15-27(28)29)24-20-11-4-5-12-23(20)26-25(21)24/h2-14,22,26H,15H2,1H3. The first kappa shape index (κ1) is 17.4. The van der Waals surface area contributed by atoms with E-state index >= 15 is 0 Å². The predicted octanol–water partition coefficient (Wildman–Crippen LogP) is 5.79. The largest absolute Gasteiger partial charge is 0.354 e. The molecule has 0 bridgehead atoms. The van der Waals surface area contributed by atoms with Crippen molar-refractivity contribution in [3.05, 3.63) is 116 Å². The second kappa shape index (κ2) is 6.74.